The van der Waals surface area contributed by atoms with E-state index in [0.717, 1.165) is 17.8 Å². The van der Waals surface area contributed by atoms with Gasteiger partial charge in [0.25, 0.3) is 0 Å². The maximum absolute atomic E-state index is 5.71. The van der Waals surface area contributed by atoms with Crippen molar-refractivity contribution in [3.8, 4) is 33.4 Å². The average Bonchev–Trinajstić information content (AvgIpc) is 3.68. The number of thiophene rings is 1. The van der Waals surface area contributed by atoms with Crippen molar-refractivity contribution in [2.24, 2.45) is 4.99 Å². The third kappa shape index (κ3) is 6.02. The lowest BCUT2D eigenvalue weighted by Gasteiger charge is -2.49. The molecule has 2 heterocycles. The van der Waals surface area contributed by atoms with Gasteiger partial charge in [0.1, 0.15) is 17.7 Å². The van der Waals surface area contributed by atoms with E-state index in [2.05, 4.69) is 218 Å². The van der Waals surface area contributed by atoms with Gasteiger partial charge in [-0.25, -0.2) is 4.99 Å². The summed E-state index contributed by atoms with van der Waals surface area (Å²) < 4.78 is 2.56. The molecule has 3 nitrogen and oxygen atoms in total. The zero-order valence-corrected chi connectivity index (χ0v) is 34.0. The molecule has 0 saturated carbocycles. The van der Waals surface area contributed by atoms with Gasteiger partial charge in [-0.1, -0.05) is 176 Å². The van der Waals surface area contributed by atoms with Crippen molar-refractivity contribution >= 4 is 37.3 Å². The Bertz CT molecular complexity index is 3060. The second-order valence-electron chi connectivity index (χ2n) is 16.1. The van der Waals surface area contributed by atoms with Crippen LogP contribution >= 0.6 is 11.3 Å². The summed E-state index contributed by atoms with van der Waals surface area (Å²) in [6.45, 7) is 2.36. The first kappa shape index (κ1) is 35.6. The van der Waals surface area contributed by atoms with Crippen LogP contribution in [0.4, 0.5) is 0 Å². The molecule has 2 aliphatic rings. The second-order valence-corrected chi connectivity index (χ2v) is 17.2. The molecule has 0 radical (unpaired) electrons. The van der Waals surface area contributed by atoms with Crippen LogP contribution in [0.1, 0.15) is 52.4 Å². The minimum Gasteiger partial charge on any atom is -0.348 e. The van der Waals surface area contributed by atoms with E-state index in [1.54, 1.807) is 0 Å². The molecule has 2 unspecified atom stereocenters. The summed E-state index contributed by atoms with van der Waals surface area (Å²) in [5, 5.41) is 6.70. The molecule has 284 valence electrons. The summed E-state index contributed by atoms with van der Waals surface area (Å²) in [4.78, 5) is 8.16. The number of hydrogen-bond donors (Lipinski definition) is 1. The van der Waals surface area contributed by atoms with E-state index in [0.29, 0.717) is 0 Å². The maximum atomic E-state index is 5.71. The number of aliphatic imine (C=N–C) groups is 1. The molecule has 59 heavy (non-hydrogen) atoms. The van der Waals surface area contributed by atoms with Crippen LogP contribution in [0.25, 0.3) is 53.6 Å². The Labute approximate surface area is 350 Å². The highest BCUT2D eigenvalue weighted by Crippen LogP contribution is 2.50. The van der Waals surface area contributed by atoms with Crippen LogP contribution < -0.4 is 5.32 Å². The number of fused-ring (bicyclic) bond motifs is 6. The summed E-state index contributed by atoms with van der Waals surface area (Å²) in [6.07, 6.45) is 0.668. The number of nitrogens with zero attached hydrogens (tertiary/aromatic N) is 2. The lowest BCUT2D eigenvalue weighted by Crippen LogP contribution is -2.59. The van der Waals surface area contributed by atoms with Gasteiger partial charge < -0.3 is 5.32 Å². The van der Waals surface area contributed by atoms with Gasteiger partial charge in [0, 0.05) is 37.2 Å². The molecule has 11 rings (SSSR count). The van der Waals surface area contributed by atoms with Crippen LogP contribution in [-0.2, 0) is 12.1 Å². The first-order valence-electron chi connectivity index (χ1n) is 20.6. The summed E-state index contributed by atoms with van der Waals surface area (Å²) >= 11 is 1.85. The number of benzene rings is 8. The van der Waals surface area contributed by atoms with Gasteiger partial charge >= 0.3 is 0 Å². The Morgan fingerprint density at radius 1 is 0.559 bits per heavy atom. The van der Waals surface area contributed by atoms with Crippen molar-refractivity contribution in [3.05, 3.63) is 228 Å². The van der Waals surface area contributed by atoms with Gasteiger partial charge in [-0.05, 0) is 94.2 Å². The van der Waals surface area contributed by atoms with Crippen LogP contribution in [0.3, 0.4) is 0 Å². The molecule has 8 aromatic carbocycles. The molecular formula is C55H43N3S. The zero-order chi connectivity index (χ0) is 39.5. The number of nitrogens with one attached hydrogen (secondary N) is 1. The second kappa shape index (κ2) is 14.4. The predicted molar refractivity (Wildman–Crippen MR) is 248 cm³/mol. The van der Waals surface area contributed by atoms with Gasteiger partial charge in [0.05, 0.1) is 0 Å². The topological polar surface area (TPSA) is 27.6 Å². The van der Waals surface area contributed by atoms with Crippen molar-refractivity contribution in [1.82, 2.24) is 10.2 Å². The van der Waals surface area contributed by atoms with Crippen molar-refractivity contribution < 1.29 is 0 Å². The monoisotopic (exact) mass is 777 g/mol. The fourth-order valence-corrected chi connectivity index (χ4v) is 10.8. The summed E-state index contributed by atoms with van der Waals surface area (Å²) in [7, 11) is 2.24. The number of amidine groups is 1. The average molecular weight is 778 g/mol. The molecule has 4 heteroatoms. The normalized spacial score (nSPS) is 18.8. The van der Waals surface area contributed by atoms with Gasteiger partial charge in [-0.2, -0.15) is 0 Å². The highest BCUT2D eigenvalue weighted by molar-refractivity contribution is 7.25. The molecule has 0 fully saturated rings. The molecule has 1 aliphatic heterocycles. The van der Waals surface area contributed by atoms with Crippen LogP contribution in [0, 0.1) is 0 Å². The molecular weight excluding hydrogens is 735 g/mol. The SMILES string of the molecule is CN1C(c2ccccc2-c2cccc(-c3ccccc3)c2)N=C(c2ccc3c(c2)sc2ccccc23)N[C@@]1(C)c1cccc2c1-c1ccccc1CC2c1ccccc1. The molecule has 1 N–H and O–H groups in total. The lowest BCUT2D eigenvalue weighted by molar-refractivity contribution is 0.0610. The van der Waals surface area contributed by atoms with Gasteiger partial charge in [-0.15, -0.1) is 11.3 Å². The van der Waals surface area contributed by atoms with Crippen LogP contribution in [0.2, 0.25) is 0 Å². The van der Waals surface area contributed by atoms with Gasteiger partial charge in [0.2, 0.25) is 0 Å². The molecule has 9 aromatic rings. The molecule has 1 aliphatic carbocycles. The molecule has 0 spiro atoms. The fraction of sp³-hybridized carbons (Fsp3) is 0.109. The molecule has 3 atom stereocenters. The Morgan fingerprint density at radius 3 is 2.08 bits per heavy atom. The highest BCUT2D eigenvalue weighted by atomic mass is 32.1. The zero-order valence-electron chi connectivity index (χ0n) is 33.1. The summed E-state index contributed by atoms with van der Waals surface area (Å²) in [5.74, 6) is 1.14. The van der Waals surface area contributed by atoms with Crippen molar-refractivity contribution in [1.29, 1.82) is 0 Å². The van der Waals surface area contributed by atoms with Gasteiger partial charge in [0.15, 0.2) is 0 Å². The molecule has 1 aromatic heterocycles. The largest absolute Gasteiger partial charge is 0.348 e. The first-order valence-corrected chi connectivity index (χ1v) is 21.4. The smallest absolute Gasteiger partial charge is 0.132 e. The van der Waals surface area contributed by atoms with Crippen molar-refractivity contribution in [2.75, 3.05) is 7.05 Å². The summed E-state index contributed by atoms with van der Waals surface area (Å²) in [5.41, 5.74) is 14.3. The van der Waals surface area contributed by atoms with Crippen molar-refractivity contribution in [3.63, 3.8) is 0 Å². The van der Waals surface area contributed by atoms with E-state index in [1.165, 1.54) is 81.4 Å². The van der Waals surface area contributed by atoms with E-state index in [4.69, 9.17) is 4.99 Å². The molecule has 0 amide bonds. The van der Waals surface area contributed by atoms with E-state index in [1.807, 2.05) is 11.3 Å². The maximum Gasteiger partial charge on any atom is 0.132 e. The quantitative estimate of drug-likeness (QED) is 0.182. The number of hydrogen-bond acceptors (Lipinski definition) is 4. The third-order valence-electron chi connectivity index (χ3n) is 12.8. The predicted octanol–water partition coefficient (Wildman–Crippen LogP) is 13.6. The minimum atomic E-state index is -0.660. The number of rotatable bonds is 6. The Hall–Kier alpha value is -6.59. The van der Waals surface area contributed by atoms with Crippen LogP contribution in [0.5, 0.6) is 0 Å². The Kier molecular flexibility index (Phi) is 8.65. The van der Waals surface area contributed by atoms with E-state index >= 15 is 0 Å². The van der Waals surface area contributed by atoms with E-state index in [-0.39, 0.29) is 12.1 Å². The standard InChI is InChI=1S/C55H43N3S/c1-55(49-29-16-28-46-48(37-19-7-4-8-20-37)34-40-21-9-10-25-43(40)52(46)49)57-53(41-31-32-45-44-26-13-14-30-50(44)59-51(45)35-41)56-54(58(55)2)47-27-12-11-24-42(47)39-23-15-22-38(33-39)36-17-5-3-6-18-36/h3-33,35,48,54H,34H2,1-2H3,(H,56,57)/t48?,54?,55-/m1/s1. The van der Waals surface area contributed by atoms with Crippen LogP contribution in [0.15, 0.2) is 199 Å². The Balaban J connectivity index is 1.11. The van der Waals surface area contributed by atoms with Crippen molar-refractivity contribution in [2.45, 2.75) is 31.1 Å². The van der Waals surface area contributed by atoms with E-state index in [9.17, 15) is 0 Å². The fourth-order valence-electron chi connectivity index (χ4n) is 9.66. The Morgan fingerprint density at radius 2 is 1.22 bits per heavy atom. The third-order valence-corrected chi connectivity index (χ3v) is 13.9. The first-order chi connectivity index (χ1) is 29.0. The molecule has 0 bridgehead atoms. The van der Waals surface area contributed by atoms with Crippen LogP contribution in [-0.4, -0.2) is 17.8 Å². The lowest BCUT2D eigenvalue weighted by atomic mass is 9.72. The van der Waals surface area contributed by atoms with E-state index < -0.39 is 5.66 Å². The highest BCUT2D eigenvalue weighted by Gasteiger charge is 2.44. The van der Waals surface area contributed by atoms with Gasteiger partial charge in [-0.3, -0.25) is 4.90 Å². The summed E-state index contributed by atoms with van der Waals surface area (Å²) in [6, 6.07) is 71.1. The minimum absolute atomic E-state index is 0.246. The molecule has 0 saturated heterocycles.